The Bertz CT molecular complexity index is 1150. The van der Waals surface area contributed by atoms with E-state index in [0.29, 0.717) is 19.3 Å². The minimum Gasteiger partial charge on any atom is -0.469 e. The van der Waals surface area contributed by atoms with Crippen LogP contribution in [0.1, 0.15) is 213 Å². The van der Waals surface area contributed by atoms with Crippen molar-refractivity contribution in [1.82, 2.24) is 0 Å². The number of unbranched alkanes of at least 4 members (excludes halogenated alkanes) is 26. The van der Waals surface area contributed by atoms with Gasteiger partial charge in [-0.25, -0.2) is 4.79 Å². The molecule has 7 heteroatoms. The lowest BCUT2D eigenvalue weighted by atomic mass is 9.59. The Labute approximate surface area is 336 Å². The molecule has 2 rings (SSSR count). The van der Waals surface area contributed by atoms with Crippen molar-refractivity contribution in [2.45, 2.75) is 213 Å². The Hall–Kier alpha value is -2.44. The Morgan fingerprint density at radius 1 is 0.527 bits per heavy atom. The second-order valence-corrected chi connectivity index (χ2v) is 16.7. The van der Waals surface area contributed by atoms with E-state index in [1.807, 2.05) is 0 Å². The van der Waals surface area contributed by atoms with Gasteiger partial charge in [-0.05, 0) is 38.0 Å². The molecule has 55 heavy (non-hydrogen) atoms. The first-order valence-corrected chi connectivity index (χ1v) is 23.1. The van der Waals surface area contributed by atoms with E-state index in [1.54, 1.807) is 6.08 Å². The van der Waals surface area contributed by atoms with Gasteiger partial charge in [0.2, 0.25) is 0 Å². The summed E-state index contributed by atoms with van der Waals surface area (Å²) in [6.45, 7) is 4.53. The first-order valence-electron chi connectivity index (χ1n) is 23.1. The molecule has 0 fully saturated rings. The predicted octanol–water partition coefficient (Wildman–Crippen LogP) is 12.9. The summed E-state index contributed by atoms with van der Waals surface area (Å²) in [4.78, 5) is 54.1. The molecule has 2 aliphatic rings. The molecule has 0 bridgehead atoms. The third-order valence-corrected chi connectivity index (χ3v) is 12.4. The molecular formula is C48H82O7. The number of methoxy groups -OCH3 is 3. The predicted molar refractivity (Wildman–Crippen MR) is 225 cm³/mol. The molecule has 0 saturated carbocycles. The van der Waals surface area contributed by atoms with E-state index in [-0.39, 0.29) is 11.5 Å². The van der Waals surface area contributed by atoms with E-state index in [0.717, 1.165) is 49.7 Å². The second kappa shape index (κ2) is 30.7. The first kappa shape index (κ1) is 48.7. The monoisotopic (exact) mass is 771 g/mol. The van der Waals surface area contributed by atoms with Crippen LogP contribution in [0.4, 0.5) is 0 Å². The fraction of sp³-hybridized carbons (Fsp3) is 0.833. The summed E-state index contributed by atoms with van der Waals surface area (Å²) < 4.78 is 15.7. The third kappa shape index (κ3) is 18.1. The Balaban J connectivity index is 1.96. The number of ether oxygens (including phenoxy) is 3. The Morgan fingerprint density at radius 2 is 0.909 bits per heavy atom. The highest BCUT2D eigenvalue weighted by Gasteiger charge is 2.53. The van der Waals surface area contributed by atoms with Crippen molar-refractivity contribution in [2.75, 3.05) is 21.3 Å². The van der Waals surface area contributed by atoms with Crippen molar-refractivity contribution >= 4 is 23.7 Å². The van der Waals surface area contributed by atoms with Crippen molar-refractivity contribution < 1.29 is 33.4 Å². The van der Waals surface area contributed by atoms with E-state index < -0.39 is 41.4 Å². The molecule has 0 aromatic heterocycles. The molecule has 0 saturated heterocycles. The maximum Gasteiger partial charge on any atom is 0.341 e. The number of carbonyl (C=O) groups excluding carboxylic acids is 4. The lowest BCUT2D eigenvalue weighted by Gasteiger charge is -2.43. The highest BCUT2D eigenvalue weighted by Crippen LogP contribution is 2.49. The summed E-state index contributed by atoms with van der Waals surface area (Å²) in [5.41, 5.74) is 1.69. The van der Waals surface area contributed by atoms with E-state index in [4.69, 9.17) is 14.2 Å². The van der Waals surface area contributed by atoms with Gasteiger partial charge >= 0.3 is 17.9 Å². The summed E-state index contributed by atoms with van der Waals surface area (Å²) >= 11 is 0. The molecule has 0 aliphatic heterocycles. The van der Waals surface area contributed by atoms with Crippen molar-refractivity contribution in [3.8, 4) is 0 Å². The number of rotatable bonds is 33. The van der Waals surface area contributed by atoms with E-state index in [1.165, 1.54) is 163 Å². The molecule has 7 nitrogen and oxygen atoms in total. The minimum atomic E-state index is -0.870. The Morgan fingerprint density at radius 3 is 1.29 bits per heavy atom. The molecular weight excluding hydrogens is 689 g/mol. The molecule has 0 heterocycles. The molecule has 2 aliphatic carbocycles. The first-order chi connectivity index (χ1) is 26.9. The summed E-state index contributed by atoms with van der Waals surface area (Å²) in [7, 11) is 4.02. The van der Waals surface area contributed by atoms with Gasteiger partial charge < -0.3 is 14.2 Å². The summed E-state index contributed by atoms with van der Waals surface area (Å²) in [6.07, 6.45) is 38.7. The van der Waals surface area contributed by atoms with Gasteiger partial charge in [0.05, 0.1) is 33.2 Å². The largest absolute Gasteiger partial charge is 0.469 e. The minimum absolute atomic E-state index is 0.0692. The quantitative estimate of drug-likeness (QED) is 0.0215. The molecule has 0 aromatic rings. The molecule has 0 aromatic carbocycles. The number of allylic oxidation sites excluding steroid dienone is 1. The molecule has 0 N–H and O–H groups in total. The number of esters is 3. The number of carbonyl (C=O) groups is 4. The van der Waals surface area contributed by atoms with Crippen LogP contribution in [0.2, 0.25) is 0 Å². The number of hydrogen-bond donors (Lipinski definition) is 0. The smallest absolute Gasteiger partial charge is 0.341 e. The van der Waals surface area contributed by atoms with Crippen LogP contribution in [-0.2, 0) is 33.4 Å². The van der Waals surface area contributed by atoms with Gasteiger partial charge in [0.25, 0.3) is 0 Å². The molecule has 0 amide bonds. The van der Waals surface area contributed by atoms with Crippen molar-refractivity contribution in [3.63, 3.8) is 0 Å². The van der Waals surface area contributed by atoms with Crippen LogP contribution < -0.4 is 0 Å². The summed E-state index contributed by atoms with van der Waals surface area (Å²) in [6, 6.07) is 0. The molecule has 0 radical (unpaired) electrons. The maximum atomic E-state index is 14.3. The van der Waals surface area contributed by atoms with Gasteiger partial charge in [-0.1, -0.05) is 198 Å². The fourth-order valence-electron chi connectivity index (χ4n) is 9.19. The van der Waals surface area contributed by atoms with Gasteiger partial charge in [-0.2, -0.15) is 0 Å². The van der Waals surface area contributed by atoms with Gasteiger partial charge in [0.1, 0.15) is 5.57 Å². The number of ketones is 1. The number of Topliss-reactive ketones (excluding diaryl/α,β-unsaturated/α-hetero) is 1. The van der Waals surface area contributed by atoms with Gasteiger partial charge in [0.15, 0.2) is 5.78 Å². The highest BCUT2D eigenvalue weighted by atomic mass is 16.5. The lowest BCUT2D eigenvalue weighted by molar-refractivity contribution is -0.155. The van der Waals surface area contributed by atoms with Crippen LogP contribution in [0.3, 0.4) is 0 Å². The third-order valence-electron chi connectivity index (χ3n) is 12.4. The highest BCUT2D eigenvalue weighted by molar-refractivity contribution is 6.20. The Kier molecular flexibility index (Phi) is 27.2. The van der Waals surface area contributed by atoms with Crippen LogP contribution in [0.5, 0.6) is 0 Å². The van der Waals surface area contributed by atoms with E-state index >= 15 is 0 Å². The van der Waals surface area contributed by atoms with Gasteiger partial charge in [-0.15, -0.1) is 0 Å². The molecule has 0 spiro atoms. The number of hydrogen-bond acceptors (Lipinski definition) is 7. The summed E-state index contributed by atoms with van der Waals surface area (Å²) in [5, 5.41) is 0. The van der Waals surface area contributed by atoms with E-state index in [9.17, 15) is 19.2 Å². The molecule has 0 unspecified atom stereocenters. The average molecular weight is 771 g/mol. The van der Waals surface area contributed by atoms with Crippen LogP contribution in [0.25, 0.3) is 0 Å². The SMILES string of the molecule is CCCCCCCCCCCCCCCCC1=C[C@@H](C(=O)OC)[C@H]2C(=O)C(C(=O)OC)=C(CCCCCCCCCCCCCCCC)C[C@H]2[C@@H]1C(=O)OC. The molecule has 316 valence electrons. The zero-order chi connectivity index (χ0) is 40.1. The van der Waals surface area contributed by atoms with Gasteiger partial charge in [-0.3, -0.25) is 14.4 Å². The number of fused-ring (bicyclic) bond motifs is 1. The van der Waals surface area contributed by atoms with Crippen molar-refractivity contribution in [2.24, 2.45) is 23.7 Å². The average Bonchev–Trinajstić information content (AvgIpc) is 3.19. The van der Waals surface area contributed by atoms with E-state index in [2.05, 4.69) is 13.8 Å². The zero-order valence-corrected chi connectivity index (χ0v) is 36.2. The van der Waals surface area contributed by atoms with Crippen LogP contribution in [0, 0.1) is 23.7 Å². The van der Waals surface area contributed by atoms with Gasteiger partial charge in [0, 0.05) is 5.92 Å². The van der Waals surface area contributed by atoms with Crippen LogP contribution in [0.15, 0.2) is 22.8 Å². The zero-order valence-electron chi connectivity index (χ0n) is 36.2. The maximum absolute atomic E-state index is 14.3. The van der Waals surface area contributed by atoms with Crippen molar-refractivity contribution in [1.29, 1.82) is 0 Å². The summed E-state index contributed by atoms with van der Waals surface area (Å²) in [5.74, 6) is -4.76. The second-order valence-electron chi connectivity index (χ2n) is 16.7. The van der Waals surface area contributed by atoms with Crippen LogP contribution in [-0.4, -0.2) is 45.0 Å². The van der Waals surface area contributed by atoms with Crippen LogP contribution >= 0.6 is 0 Å². The normalized spacial score (nSPS) is 19.6. The lowest BCUT2D eigenvalue weighted by Crippen LogP contribution is -2.48. The standard InChI is InChI=1S/C48H82O7/c1-6-8-10-12-14-16-18-20-22-24-26-28-30-32-34-38-37-41(46(50)53-3)44-40(42(38)47(51)54-4)36-39(43(45(44)49)48(52)55-5)35-33-31-29-27-25-23-21-19-17-15-13-11-9-7-2/h37,40-42,44H,6-36H2,1-5H3/t40-,41+,42+,44-/m0/s1. The van der Waals surface area contributed by atoms with Crippen molar-refractivity contribution in [3.05, 3.63) is 22.8 Å². The molecule has 4 atom stereocenters. The fourth-order valence-corrected chi connectivity index (χ4v) is 9.19. The topological polar surface area (TPSA) is 96.0 Å².